The summed E-state index contributed by atoms with van der Waals surface area (Å²) < 4.78 is 0. The molecule has 0 heterocycles. The molecule has 104 valence electrons. The molecule has 0 spiro atoms. The lowest BCUT2D eigenvalue weighted by Crippen LogP contribution is -2.29. The summed E-state index contributed by atoms with van der Waals surface area (Å²) in [5, 5.41) is 2.88. The minimum absolute atomic E-state index is 0.290. The topological polar surface area (TPSA) is 29.1 Å². The number of amides is 1. The largest absolute Gasteiger partial charge is 0.359 e. The van der Waals surface area contributed by atoms with Crippen molar-refractivity contribution in [2.75, 3.05) is 7.05 Å². The minimum atomic E-state index is 0.290. The quantitative estimate of drug-likeness (QED) is 0.762. The van der Waals surface area contributed by atoms with Crippen molar-refractivity contribution in [3.63, 3.8) is 0 Å². The second-order valence-electron chi connectivity index (χ2n) is 6.43. The van der Waals surface area contributed by atoms with Gasteiger partial charge in [-0.2, -0.15) is 0 Å². The van der Waals surface area contributed by atoms with Gasteiger partial charge in [0.05, 0.1) is 0 Å². The zero-order valence-corrected chi connectivity index (χ0v) is 11.9. The molecule has 0 aliphatic heterocycles. The first kappa shape index (κ1) is 13.9. The van der Waals surface area contributed by atoms with Crippen LogP contribution in [0.4, 0.5) is 0 Å². The third-order valence-corrected chi connectivity index (χ3v) is 5.11. The molecule has 1 amide bonds. The Morgan fingerprint density at radius 3 is 2.17 bits per heavy atom. The van der Waals surface area contributed by atoms with Crippen molar-refractivity contribution in [1.29, 1.82) is 0 Å². The Morgan fingerprint density at radius 2 is 1.61 bits per heavy atom. The van der Waals surface area contributed by atoms with Gasteiger partial charge in [-0.25, -0.2) is 0 Å². The van der Waals surface area contributed by atoms with Crippen molar-refractivity contribution in [1.82, 2.24) is 5.32 Å². The Kier molecular flexibility index (Phi) is 5.52. The summed E-state index contributed by atoms with van der Waals surface area (Å²) in [4.78, 5) is 12.0. The molecular weight excluding hydrogens is 222 g/mol. The van der Waals surface area contributed by atoms with E-state index >= 15 is 0 Å². The van der Waals surface area contributed by atoms with Gasteiger partial charge in [0.1, 0.15) is 0 Å². The lowest BCUT2D eigenvalue weighted by atomic mass is 9.86. The molecule has 2 rings (SSSR count). The van der Waals surface area contributed by atoms with Gasteiger partial charge in [-0.05, 0) is 31.1 Å². The van der Waals surface area contributed by atoms with E-state index in [4.69, 9.17) is 0 Å². The van der Waals surface area contributed by atoms with E-state index in [-0.39, 0.29) is 0 Å². The molecule has 0 aromatic heterocycles. The van der Waals surface area contributed by atoms with Crippen LogP contribution < -0.4 is 5.32 Å². The van der Waals surface area contributed by atoms with Crippen molar-refractivity contribution >= 4 is 5.91 Å². The molecule has 2 aliphatic carbocycles. The number of rotatable bonds is 6. The number of hydrogen-bond donors (Lipinski definition) is 1. The Morgan fingerprint density at radius 1 is 1.06 bits per heavy atom. The molecule has 2 heteroatoms. The monoisotopic (exact) mass is 251 g/mol. The number of carbonyl (C=O) groups is 1. The SMILES string of the molecule is CNC(=O)C(CCC1CCCC1)CC1CCCC1. The molecule has 2 aliphatic rings. The first-order chi connectivity index (χ1) is 8.79. The van der Waals surface area contributed by atoms with Crippen LogP contribution in [0.1, 0.15) is 70.6 Å². The van der Waals surface area contributed by atoms with Crippen LogP contribution in [-0.2, 0) is 4.79 Å². The van der Waals surface area contributed by atoms with Gasteiger partial charge in [0.25, 0.3) is 0 Å². The third-order valence-electron chi connectivity index (χ3n) is 5.11. The highest BCUT2D eigenvalue weighted by atomic mass is 16.1. The van der Waals surface area contributed by atoms with Crippen LogP contribution in [0.25, 0.3) is 0 Å². The van der Waals surface area contributed by atoms with E-state index in [0.717, 1.165) is 24.7 Å². The van der Waals surface area contributed by atoms with E-state index in [0.29, 0.717) is 11.8 Å². The molecule has 1 unspecified atom stereocenters. The highest BCUT2D eigenvalue weighted by molar-refractivity contribution is 5.78. The average Bonchev–Trinajstić information content (AvgIpc) is 3.06. The molecule has 1 atom stereocenters. The normalized spacial score (nSPS) is 23.4. The molecule has 0 radical (unpaired) electrons. The Hall–Kier alpha value is -0.530. The van der Waals surface area contributed by atoms with Gasteiger partial charge in [0.15, 0.2) is 0 Å². The van der Waals surface area contributed by atoms with Gasteiger partial charge in [0.2, 0.25) is 5.91 Å². The molecule has 0 bridgehead atoms. The van der Waals surface area contributed by atoms with E-state index < -0.39 is 0 Å². The number of carbonyl (C=O) groups excluding carboxylic acids is 1. The highest BCUT2D eigenvalue weighted by Gasteiger charge is 2.26. The van der Waals surface area contributed by atoms with Crippen LogP contribution in [0.2, 0.25) is 0 Å². The van der Waals surface area contributed by atoms with Crippen LogP contribution in [0, 0.1) is 17.8 Å². The fourth-order valence-corrected chi connectivity index (χ4v) is 3.94. The zero-order valence-electron chi connectivity index (χ0n) is 11.9. The van der Waals surface area contributed by atoms with Gasteiger partial charge in [-0.3, -0.25) is 4.79 Å². The fraction of sp³-hybridized carbons (Fsp3) is 0.938. The maximum Gasteiger partial charge on any atom is 0.222 e. The standard InChI is InChI=1S/C16H29NO/c1-17-16(18)15(12-14-8-4-5-9-14)11-10-13-6-2-3-7-13/h13-15H,2-12H2,1H3,(H,17,18). The first-order valence-corrected chi connectivity index (χ1v) is 8.01. The van der Waals surface area contributed by atoms with Crippen LogP contribution in [0.5, 0.6) is 0 Å². The summed E-state index contributed by atoms with van der Waals surface area (Å²) in [5.74, 6) is 2.33. The number of nitrogens with one attached hydrogen (secondary N) is 1. The molecule has 2 fully saturated rings. The van der Waals surface area contributed by atoms with Crippen LogP contribution in [0.15, 0.2) is 0 Å². The molecule has 2 nitrogen and oxygen atoms in total. The van der Waals surface area contributed by atoms with Gasteiger partial charge in [0, 0.05) is 13.0 Å². The van der Waals surface area contributed by atoms with Crippen molar-refractivity contribution in [3.8, 4) is 0 Å². The molecule has 0 aromatic carbocycles. The van der Waals surface area contributed by atoms with Crippen LogP contribution >= 0.6 is 0 Å². The number of hydrogen-bond acceptors (Lipinski definition) is 1. The lowest BCUT2D eigenvalue weighted by Gasteiger charge is -2.20. The van der Waals surface area contributed by atoms with E-state index in [2.05, 4.69) is 5.32 Å². The predicted octanol–water partition coefficient (Wildman–Crippen LogP) is 3.90. The molecule has 0 aromatic rings. The molecule has 18 heavy (non-hydrogen) atoms. The molecular formula is C16H29NO. The minimum Gasteiger partial charge on any atom is -0.359 e. The van der Waals surface area contributed by atoms with E-state index in [9.17, 15) is 4.79 Å². The first-order valence-electron chi connectivity index (χ1n) is 8.01. The van der Waals surface area contributed by atoms with Gasteiger partial charge < -0.3 is 5.32 Å². The molecule has 1 N–H and O–H groups in total. The predicted molar refractivity (Wildman–Crippen MR) is 75.3 cm³/mol. The van der Waals surface area contributed by atoms with E-state index in [1.54, 1.807) is 7.05 Å². The second kappa shape index (κ2) is 7.16. The summed E-state index contributed by atoms with van der Waals surface area (Å²) >= 11 is 0. The molecule has 2 saturated carbocycles. The van der Waals surface area contributed by atoms with Crippen molar-refractivity contribution in [3.05, 3.63) is 0 Å². The van der Waals surface area contributed by atoms with Crippen LogP contribution in [-0.4, -0.2) is 13.0 Å². The second-order valence-corrected chi connectivity index (χ2v) is 6.43. The highest BCUT2D eigenvalue weighted by Crippen LogP contribution is 2.34. The average molecular weight is 251 g/mol. The summed E-state index contributed by atoms with van der Waals surface area (Å²) in [6.07, 6.45) is 14.7. The van der Waals surface area contributed by atoms with Gasteiger partial charge in [-0.15, -0.1) is 0 Å². The van der Waals surface area contributed by atoms with E-state index in [1.165, 1.54) is 57.8 Å². The summed E-state index contributed by atoms with van der Waals surface area (Å²) in [7, 11) is 1.79. The zero-order chi connectivity index (χ0) is 12.8. The Balaban J connectivity index is 1.77. The van der Waals surface area contributed by atoms with Crippen molar-refractivity contribution in [2.24, 2.45) is 17.8 Å². The Labute approximate surface area is 112 Å². The van der Waals surface area contributed by atoms with Crippen LogP contribution in [0.3, 0.4) is 0 Å². The fourth-order valence-electron chi connectivity index (χ4n) is 3.94. The van der Waals surface area contributed by atoms with Crippen molar-refractivity contribution < 1.29 is 4.79 Å². The summed E-state index contributed by atoms with van der Waals surface area (Å²) in [6.45, 7) is 0. The smallest absolute Gasteiger partial charge is 0.222 e. The maximum absolute atomic E-state index is 12.0. The summed E-state index contributed by atoms with van der Waals surface area (Å²) in [6, 6.07) is 0. The summed E-state index contributed by atoms with van der Waals surface area (Å²) in [5.41, 5.74) is 0. The lowest BCUT2D eigenvalue weighted by molar-refractivity contribution is -0.125. The Bertz CT molecular complexity index is 252. The van der Waals surface area contributed by atoms with Gasteiger partial charge in [-0.1, -0.05) is 51.4 Å². The van der Waals surface area contributed by atoms with Gasteiger partial charge >= 0.3 is 0 Å². The van der Waals surface area contributed by atoms with E-state index in [1.807, 2.05) is 0 Å². The molecule has 0 saturated heterocycles. The maximum atomic E-state index is 12.0. The third kappa shape index (κ3) is 4.00. The van der Waals surface area contributed by atoms with Crippen molar-refractivity contribution in [2.45, 2.75) is 70.6 Å².